The summed E-state index contributed by atoms with van der Waals surface area (Å²) in [5.41, 5.74) is 5.32. The average molecular weight is 363 g/mol. The topological polar surface area (TPSA) is 49.6 Å². The van der Waals surface area contributed by atoms with Gasteiger partial charge in [0.2, 0.25) is 0 Å². The summed E-state index contributed by atoms with van der Waals surface area (Å²) in [4.78, 5) is 21.4. The van der Waals surface area contributed by atoms with Crippen LogP contribution in [-0.2, 0) is 6.54 Å². The molecule has 1 aliphatic heterocycles. The lowest BCUT2D eigenvalue weighted by molar-refractivity contribution is 0.0599. The van der Waals surface area contributed by atoms with Crippen molar-refractivity contribution in [3.63, 3.8) is 0 Å². The minimum atomic E-state index is 0.00399. The summed E-state index contributed by atoms with van der Waals surface area (Å²) in [7, 11) is 0. The second-order valence-electron chi connectivity index (χ2n) is 7.36. The Hall–Kier alpha value is -2.66. The van der Waals surface area contributed by atoms with E-state index in [0.717, 1.165) is 54.8 Å². The third kappa shape index (κ3) is 3.35. The second kappa shape index (κ2) is 7.16. The first-order valence-corrected chi connectivity index (χ1v) is 9.44. The quantitative estimate of drug-likeness (QED) is 0.712. The normalized spacial score (nSPS) is 15.4. The van der Waals surface area contributed by atoms with Gasteiger partial charge in [-0.1, -0.05) is 12.1 Å². The van der Waals surface area contributed by atoms with Gasteiger partial charge in [-0.2, -0.15) is 0 Å². The van der Waals surface area contributed by atoms with Crippen LogP contribution in [0, 0.1) is 20.8 Å². The molecular weight excluding hydrogens is 338 g/mol. The molecule has 1 aromatic carbocycles. The molecule has 4 rings (SSSR count). The van der Waals surface area contributed by atoms with Gasteiger partial charge < -0.3 is 9.32 Å². The van der Waals surface area contributed by atoms with Crippen molar-refractivity contribution in [1.82, 2.24) is 14.8 Å². The van der Waals surface area contributed by atoms with Crippen molar-refractivity contribution in [3.8, 4) is 0 Å². The number of carbonyl (C=O) groups is 1. The van der Waals surface area contributed by atoms with Crippen molar-refractivity contribution in [1.29, 1.82) is 0 Å². The molecule has 140 valence electrons. The molecule has 2 aromatic heterocycles. The first kappa shape index (κ1) is 17.7. The van der Waals surface area contributed by atoms with E-state index < -0.39 is 0 Å². The molecule has 0 bridgehead atoms. The van der Waals surface area contributed by atoms with E-state index >= 15 is 0 Å². The maximum atomic E-state index is 13.1. The number of aromatic nitrogens is 1. The van der Waals surface area contributed by atoms with Crippen LogP contribution in [0.2, 0.25) is 0 Å². The predicted octanol–water partition coefficient (Wildman–Crippen LogP) is 3.71. The predicted molar refractivity (Wildman–Crippen MR) is 106 cm³/mol. The highest BCUT2D eigenvalue weighted by atomic mass is 16.3. The van der Waals surface area contributed by atoms with E-state index in [2.05, 4.69) is 28.9 Å². The van der Waals surface area contributed by atoms with E-state index in [1.807, 2.05) is 43.3 Å². The van der Waals surface area contributed by atoms with Crippen LogP contribution >= 0.6 is 0 Å². The molecule has 27 heavy (non-hydrogen) atoms. The van der Waals surface area contributed by atoms with Crippen molar-refractivity contribution >= 4 is 16.9 Å². The highest BCUT2D eigenvalue weighted by Gasteiger charge is 2.27. The number of aryl methyl sites for hydroxylation is 3. The number of pyridine rings is 1. The summed E-state index contributed by atoms with van der Waals surface area (Å²) in [5, 5.41) is 1.04. The Kier molecular flexibility index (Phi) is 4.70. The van der Waals surface area contributed by atoms with Gasteiger partial charge in [0, 0.05) is 56.1 Å². The lowest BCUT2D eigenvalue weighted by Gasteiger charge is -2.34. The average Bonchev–Trinajstić information content (AvgIpc) is 3.03. The minimum Gasteiger partial charge on any atom is -0.450 e. The maximum absolute atomic E-state index is 13.1. The van der Waals surface area contributed by atoms with Crippen LogP contribution in [0.5, 0.6) is 0 Å². The fraction of sp³-hybridized carbons (Fsp3) is 0.364. The van der Waals surface area contributed by atoms with Crippen molar-refractivity contribution in [3.05, 3.63) is 64.7 Å². The molecule has 1 fully saturated rings. The fourth-order valence-corrected chi connectivity index (χ4v) is 3.72. The molecule has 1 amide bonds. The van der Waals surface area contributed by atoms with Gasteiger partial charge in [0.25, 0.3) is 5.91 Å². The molecule has 0 aliphatic carbocycles. The summed E-state index contributed by atoms with van der Waals surface area (Å²) in [5.74, 6) is 0.491. The van der Waals surface area contributed by atoms with Gasteiger partial charge in [-0.15, -0.1) is 0 Å². The van der Waals surface area contributed by atoms with Gasteiger partial charge in [0.15, 0.2) is 5.76 Å². The molecule has 1 saturated heterocycles. The molecule has 3 aromatic rings. The molecule has 0 saturated carbocycles. The van der Waals surface area contributed by atoms with Crippen LogP contribution < -0.4 is 0 Å². The highest BCUT2D eigenvalue weighted by Crippen LogP contribution is 2.30. The van der Waals surface area contributed by atoms with Crippen LogP contribution in [0.1, 0.15) is 32.8 Å². The zero-order valence-electron chi connectivity index (χ0n) is 16.2. The summed E-state index contributed by atoms with van der Waals surface area (Å²) in [6.07, 6.45) is 3.65. The summed E-state index contributed by atoms with van der Waals surface area (Å²) >= 11 is 0. The Labute approximate surface area is 159 Å². The van der Waals surface area contributed by atoms with Crippen LogP contribution in [0.25, 0.3) is 11.0 Å². The lowest BCUT2D eigenvalue weighted by Crippen LogP contribution is -2.48. The van der Waals surface area contributed by atoms with Crippen LogP contribution in [0.3, 0.4) is 0 Å². The number of furan rings is 1. The molecule has 0 radical (unpaired) electrons. The number of fused-ring (bicyclic) bond motifs is 1. The summed E-state index contributed by atoms with van der Waals surface area (Å²) < 4.78 is 6.04. The Balaban J connectivity index is 1.47. The third-order valence-corrected chi connectivity index (χ3v) is 5.63. The molecule has 0 atom stereocenters. The van der Waals surface area contributed by atoms with Gasteiger partial charge >= 0.3 is 0 Å². The molecule has 0 N–H and O–H groups in total. The van der Waals surface area contributed by atoms with E-state index in [4.69, 9.17) is 4.42 Å². The molecule has 5 heteroatoms. The van der Waals surface area contributed by atoms with E-state index in [0.29, 0.717) is 5.76 Å². The number of hydrogen-bond acceptors (Lipinski definition) is 4. The summed E-state index contributed by atoms with van der Waals surface area (Å²) in [6.45, 7) is 10.2. The number of carbonyl (C=O) groups excluding carboxylic acids is 1. The van der Waals surface area contributed by atoms with Gasteiger partial charge in [0.1, 0.15) is 5.58 Å². The Bertz CT molecular complexity index is 970. The van der Waals surface area contributed by atoms with Crippen LogP contribution in [0.4, 0.5) is 0 Å². The van der Waals surface area contributed by atoms with Crippen molar-refractivity contribution in [2.75, 3.05) is 26.2 Å². The molecule has 1 aliphatic rings. The first-order chi connectivity index (χ1) is 13.0. The van der Waals surface area contributed by atoms with Gasteiger partial charge in [-0.25, -0.2) is 0 Å². The number of hydrogen-bond donors (Lipinski definition) is 0. The minimum absolute atomic E-state index is 0.00399. The number of piperazine rings is 1. The zero-order chi connectivity index (χ0) is 19.0. The summed E-state index contributed by atoms with van der Waals surface area (Å²) in [6, 6.07) is 8.23. The van der Waals surface area contributed by atoms with E-state index in [1.165, 1.54) is 11.1 Å². The van der Waals surface area contributed by atoms with Gasteiger partial charge in [-0.3, -0.25) is 14.7 Å². The number of rotatable bonds is 3. The highest BCUT2D eigenvalue weighted by molar-refractivity contribution is 5.99. The van der Waals surface area contributed by atoms with Gasteiger partial charge in [0.05, 0.1) is 0 Å². The number of nitrogens with zero attached hydrogens (tertiary/aromatic N) is 3. The number of benzene rings is 1. The smallest absolute Gasteiger partial charge is 0.289 e. The fourth-order valence-electron chi connectivity index (χ4n) is 3.72. The van der Waals surface area contributed by atoms with Crippen molar-refractivity contribution < 1.29 is 9.21 Å². The van der Waals surface area contributed by atoms with E-state index in [-0.39, 0.29) is 5.91 Å². The third-order valence-electron chi connectivity index (χ3n) is 5.63. The maximum Gasteiger partial charge on any atom is 0.289 e. The molecule has 5 nitrogen and oxygen atoms in total. The number of amides is 1. The zero-order valence-corrected chi connectivity index (χ0v) is 16.2. The molecule has 0 spiro atoms. The van der Waals surface area contributed by atoms with Gasteiger partial charge in [-0.05, 0) is 49.6 Å². The second-order valence-corrected chi connectivity index (χ2v) is 7.36. The monoisotopic (exact) mass is 363 g/mol. The largest absolute Gasteiger partial charge is 0.450 e. The van der Waals surface area contributed by atoms with Crippen LogP contribution in [0.15, 0.2) is 41.1 Å². The van der Waals surface area contributed by atoms with Crippen molar-refractivity contribution in [2.45, 2.75) is 27.3 Å². The van der Waals surface area contributed by atoms with Crippen molar-refractivity contribution in [2.24, 2.45) is 0 Å². The first-order valence-electron chi connectivity index (χ1n) is 9.44. The standard InChI is InChI=1S/C22H25N3O2/c1-15-4-5-19-17(3)21(27-20(19)16(15)2)22(26)25-12-10-24(11-13-25)14-18-6-8-23-9-7-18/h4-9H,10-14H2,1-3H3. The molecular formula is C22H25N3O2. The Morgan fingerprint density at radius 3 is 2.41 bits per heavy atom. The molecule has 3 heterocycles. The Morgan fingerprint density at radius 2 is 1.70 bits per heavy atom. The lowest BCUT2D eigenvalue weighted by atomic mass is 10.0. The van der Waals surface area contributed by atoms with E-state index in [1.54, 1.807) is 0 Å². The Morgan fingerprint density at radius 1 is 1.00 bits per heavy atom. The molecule has 0 unspecified atom stereocenters. The van der Waals surface area contributed by atoms with Crippen LogP contribution in [-0.4, -0.2) is 46.9 Å². The SMILES string of the molecule is Cc1ccc2c(C)c(C(=O)N3CCN(Cc4ccncc4)CC3)oc2c1C. The van der Waals surface area contributed by atoms with E-state index in [9.17, 15) is 4.79 Å².